The predicted octanol–water partition coefficient (Wildman–Crippen LogP) is 3.01. The third-order valence-electron chi connectivity index (χ3n) is 2.58. The molecule has 5 nitrogen and oxygen atoms in total. The van der Waals surface area contributed by atoms with Gasteiger partial charge in [0, 0.05) is 31.0 Å². The van der Waals surface area contributed by atoms with Crippen LogP contribution in [0.15, 0.2) is 17.4 Å². The second kappa shape index (κ2) is 9.27. The number of hydrogen-bond acceptors (Lipinski definition) is 2. The van der Waals surface area contributed by atoms with Gasteiger partial charge in [0.1, 0.15) is 12.4 Å². The van der Waals surface area contributed by atoms with Crippen LogP contribution in [0.1, 0.15) is 47.4 Å². The number of nitrogens with one attached hydrogen (secondary N) is 2. The van der Waals surface area contributed by atoms with Gasteiger partial charge in [-0.2, -0.15) is 0 Å². The smallest absolute Gasteiger partial charge is 0.192 e. The molecule has 0 saturated heterocycles. The van der Waals surface area contributed by atoms with Gasteiger partial charge in [-0.15, -0.1) is 24.0 Å². The van der Waals surface area contributed by atoms with Gasteiger partial charge in [-0.05, 0) is 33.6 Å². The number of aromatic nitrogens is 2. The molecule has 0 aliphatic heterocycles. The first-order chi connectivity index (χ1) is 9.31. The minimum atomic E-state index is -0.00560. The summed E-state index contributed by atoms with van der Waals surface area (Å²) >= 11 is 0. The monoisotopic (exact) mass is 407 g/mol. The highest BCUT2D eigenvalue weighted by molar-refractivity contribution is 14.0. The minimum Gasteiger partial charge on any atom is -0.357 e. The number of nitrogens with zero attached hydrogens (tertiary/aromatic N) is 3. The zero-order chi connectivity index (χ0) is 15.2. The fraction of sp³-hybridized carbons (Fsp3) is 0.733. The van der Waals surface area contributed by atoms with Gasteiger partial charge >= 0.3 is 0 Å². The van der Waals surface area contributed by atoms with Crippen LogP contribution in [0.4, 0.5) is 0 Å². The van der Waals surface area contributed by atoms with E-state index < -0.39 is 0 Å². The quantitative estimate of drug-likeness (QED) is 0.448. The van der Waals surface area contributed by atoms with Crippen LogP contribution < -0.4 is 10.6 Å². The number of hydrogen-bond donors (Lipinski definition) is 2. The topological polar surface area (TPSA) is 54.2 Å². The van der Waals surface area contributed by atoms with E-state index in [1.807, 2.05) is 12.4 Å². The van der Waals surface area contributed by atoms with Crippen LogP contribution in [-0.4, -0.2) is 27.6 Å². The molecule has 0 unspecified atom stereocenters. The van der Waals surface area contributed by atoms with Crippen molar-refractivity contribution in [1.82, 2.24) is 20.2 Å². The first-order valence-electron chi connectivity index (χ1n) is 7.38. The Bertz CT molecular complexity index is 432. The summed E-state index contributed by atoms with van der Waals surface area (Å²) in [6, 6.07) is 0. The molecule has 0 radical (unpaired) electrons. The SMILES string of the molecule is CCNC(=NCc1nccn1CC(C)C)NC(C)(C)C.I. The number of halogens is 1. The second-order valence-electron chi connectivity index (χ2n) is 6.46. The maximum absolute atomic E-state index is 4.62. The highest BCUT2D eigenvalue weighted by Crippen LogP contribution is 2.05. The van der Waals surface area contributed by atoms with Crippen molar-refractivity contribution in [2.24, 2.45) is 10.9 Å². The zero-order valence-corrected chi connectivity index (χ0v) is 16.4. The van der Waals surface area contributed by atoms with E-state index in [0.29, 0.717) is 12.5 Å². The average Bonchev–Trinajstić information content (AvgIpc) is 2.71. The van der Waals surface area contributed by atoms with E-state index in [-0.39, 0.29) is 29.5 Å². The molecule has 0 bridgehead atoms. The van der Waals surface area contributed by atoms with Crippen molar-refractivity contribution < 1.29 is 0 Å². The predicted molar refractivity (Wildman–Crippen MR) is 100 cm³/mol. The van der Waals surface area contributed by atoms with Crippen molar-refractivity contribution in [2.45, 2.75) is 60.2 Å². The van der Waals surface area contributed by atoms with Crippen LogP contribution in [-0.2, 0) is 13.1 Å². The molecule has 2 N–H and O–H groups in total. The molecule has 21 heavy (non-hydrogen) atoms. The lowest BCUT2D eigenvalue weighted by Crippen LogP contribution is -2.47. The molecule has 0 spiro atoms. The molecular weight excluding hydrogens is 377 g/mol. The van der Waals surface area contributed by atoms with Gasteiger partial charge in [0.2, 0.25) is 0 Å². The summed E-state index contributed by atoms with van der Waals surface area (Å²) in [6.07, 6.45) is 3.87. The largest absolute Gasteiger partial charge is 0.357 e. The Morgan fingerprint density at radius 3 is 2.57 bits per heavy atom. The summed E-state index contributed by atoms with van der Waals surface area (Å²) < 4.78 is 2.18. The Hall–Kier alpha value is -0.790. The Balaban J connectivity index is 0.00000400. The first-order valence-corrected chi connectivity index (χ1v) is 7.38. The standard InChI is InChI=1S/C15H29N5.HI/c1-7-16-14(19-15(4,5)6)18-10-13-17-8-9-20(13)11-12(2)3;/h8-9,12H,7,10-11H2,1-6H3,(H2,16,18,19);1H. The van der Waals surface area contributed by atoms with Crippen molar-refractivity contribution in [3.8, 4) is 0 Å². The van der Waals surface area contributed by atoms with E-state index in [1.165, 1.54) is 0 Å². The van der Waals surface area contributed by atoms with Crippen LogP contribution in [0.5, 0.6) is 0 Å². The van der Waals surface area contributed by atoms with E-state index >= 15 is 0 Å². The Morgan fingerprint density at radius 2 is 2.05 bits per heavy atom. The summed E-state index contributed by atoms with van der Waals surface area (Å²) in [5, 5.41) is 6.65. The lowest BCUT2D eigenvalue weighted by Gasteiger charge is -2.23. The molecule has 1 aromatic heterocycles. The molecule has 122 valence electrons. The highest BCUT2D eigenvalue weighted by atomic mass is 127. The molecule has 0 aliphatic rings. The van der Waals surface area contributed by atoms with Crippen molar-refractivity contribution in [2.75, 3.05) is 6.54 Å². The lowest BCUT2D eigenvalue weighted by atomic mass is 10.1. The van der Waals surface area contributed by atoms with Crippen LogP contribution in [0.2, 0.25) is 0 Å². The highest BCUT2D eigenvalue weighted by Gasteiger charge is 2.12. The molecular formula is C15H30IN5. The third kappa shape index (κ3) is 8.28. The Labute approximate surface area is 146 Å². The van der Waals surface area contributed by atoms with Crippen LogP contribution in [0.3, 0.4) is 0 Å². The maximum Gasteiger partial charge on any atom is 0.192 e. The number of aliphatic imine (C=N–C) groups is 1. The summed E-state index contributed by atoms with van der Waals surface area (Å²) in [7, 11) is 0. The zero-order valence-electron chi connectivity index (χ0n) is 14.1. The molecule has 0 aromatic carbocycles. The fourth-order valence-corrected chi connectivity index (χ4v) is 1.86. The van der Waals surface area contributed by atoms with Gasteiger partial charge in [0.05, 0.1) is 0 Å². The van der Waals surface area contributed by atoms with Crippen molar-refractivity contribution in [3.63, 3.8) is 0 Å². The molecule has 0 aliphatic carbocycles. The molecule has 0 amide bonds. The summed E-state index contributed by atoms with van der Waals surface area (Å²) in [5.41, 5.74) is -0.00560. The Morgan fingerprint density at radius 1 is 1.38 bits per heavy atom. The van der Waals surface area contributed by atoms with Crippen LogP contribution >= 0.6 is 24.0 Å². The normalized spacial score (nSPS) is 12.2. The second-order valence-corrected chi connectivity index (χ2v) is 6.46. The van der Waals surface area contributed by atoms with E-state index in [0.717, 1.165) is 24.9 Å². The fourth-order valence-electron chi connectivity index (χ4n) is 1.86. The molecule has 0 fully saturated rings. The van der Waals surface area contributed by atoms with E-state index in [9.17, 15) is 0 Å². The van der Waals surface area contributed by atoms with Gasteiger partial charge in [-0.1, -0.05) is 13.8 Å². The van der Waals surface area contributed by atoms with Crippen LogP contribution in [0.25, 0.3) is 0 Å². The number of rotatable bonds is 5. The Kier molecular flexibility index (Phi) is 8.92. The van der Waals surface area contributed by atoms with E-state index in [2.05, 4.69) is 66.7 Å². The summed E-state index contributed by atoms with van der Waals surface area (Å²) in [6.45, 7) is 15.3. The van der Waals surface area contributed by atoms with Gasteiger partial charge in [0.15, 0.2) is 5.96 Å². The van der Waals surface area contributed by atoms with Crippen LogP contribution in [0, 0.1) is 5.92 Å². The van der Waals surface area contributed by atoms with Gasteiger partial charge in [-0.3, -0.25) is 0 Å². The van der Waals surface area contributed by atoms with Gasteiger partial charge in [-0.25, -0.2) is 9.98 Å². The first kappa shape index (κ1) is 20.2. The van der Waals surface area contributed by atoms with E-state index in [4.69, 9.17) is 0 Å². The van der Waals surface area contributed by atoms with E-state index in [1.54, 1.807) is 0 Å². The summed E-state index contributed by atoms with van der Waals surface area (Å²) in [5.74, 6) is 2.44. The third-order valence-corrected chi connectivity index (χ3v) is 2.58. The molecule has 6 heteroatoms. The number of guanidine groups is 1. The molecule has 0 saturated carbocycles. The minimum absolute atomic E-state index is 0. The molecule has 1 heterocycles. The molecule has 0 atom stereocenters. The average molecular weight is 407 g/mol. The van der Waals surface area contributed by atoms with Gasteiger partial charge < -0.3 is 15.2 Å². The lowest BCUT2D eigenvalue weighted by molar-refractivity contribution is 0.497. The van der Waals surface area contributed by atoms with Crippen molar-refractivity contribution >= 4 is 29.9 Å². The van der Waals surface area contributed by atoms with Gasteiger partial charge in [0.25, 0.3) is 0 Å². The van der Waals surface area contributed by atoms with Crippen molar-refractivity contribution in [1.29, 1.82) is 0 Å². The summed E-state index contributed by atoms with van der Waals surface area (Å²) in [4.78, 5) is 9.02. The number of imidazole rings is 1. The molecule has 1 aromatic rings. The molecule has 1 rings (SSSR count). The maximum atomic E-state index is 4.62. The van der Waals surface area contributed by atoms with Crippen molar-refractivity contribution in [3.05, 3.63) is 18.2 Å².